The maximum atomic E-state index is 14.1. The summed E-state index contributed by atoms with van der Waals surface area (Å²) in [5, 5.41) is 0. The Morgan fingerprint density at radius 2 is 2.00 bits per heavy atom. The second-order valence-corrected chi connectivity index (χ2v) is 6.05. The lowest BCUT2D eigenvalue weighted by atomic mass is 10.0. The molecule has 2 nitrogen and oxygen atoms in total. The van der Waals surface area contributed by atoms with Crippen LogP contribution in [0.1, 0.15) is 30.5 Å². The first-order chi connectivity index (χ1) is 10.1. The van der Waals surface area contributed by atoms with Crippen LogP contribution in [0.2, 0.25) is 0 Å². The minimum atomic E-state index is -0.103. The van der Waals surface area contributed by atoms with Gasteiger partial charge in [0.2, 0.25) is 0 Å². The summed E-state index contributed by atoms with van der Waals surface area (Å²) in [4.78, 5) is 2.36. The second-order valence-electron chi connectivity index (χ2n) is 6.05. The number of benzene rings is 2. The van der Waals surface area contributed by atoms with Gasteiger partial charge in [0.25, 0.3) is 0 Å². The molecule has 1 fully saturated rings. The fourth-order valence-electron chi connectivity index (χ4n) is 3.30. The zero-order valence-corrected chi connectivity index (χ0v) is 12.3. The predicted molar refractivity (Wildman–Crippen MR) is 84.2 cm³/mol. The number of nitrogens with zero attached hydrogens (tertiary/aromatic N) is 1. The molecule has 1 aliphatic heterocycles. The molecule has 0 amide bonds. The van der Waals surface area contributed by atoms with Crippen LogP contribution < -0.4 is 5.73 Å². The van der Waals surface area contributed by atoms with Crippen molar-refractivity contribution in [2.24, 2.45) is 5.92 Å². The van der Waals surface area contributed by atoms with Gasteiger partial charge in [0.05, 0.1) is 0 Å². The van der Waals surface area contributed by atoms with Crippen molar-refractivity contribution in [2.75, 3.05) is 12.3 Å². The zero-order chi connectivity index (χ0) is 14.8. The summed E-state index contributed by atoms with van der Waals surface area (Å²) in [7, 11) is 0. The van der Waals surface area contributed by atoms with E-state index in [1.165, 1.54) is 5.56 Å². The average Bonchev–Trinajstić information content (AvgIpc) is 2.80. The molecule has 0 aliphatic carbocycles. The summed E-state index contributed by atoms with van der Waals surface area (Å²) < 4.78 is 14.1. The topological polar surface area (TPSA) is 29.3 Å². The molecule has 0 spiro atoms. The molecule has 1 aliphatic rings. The number of hydrogen-bond donors (Lipinski definition) is 1. The monoisotopic (exact) mass is 284 g/mol. The summed E-state index contributed by atoms with van der Waals surface area (Å²) >= 11 is 0. The summed E-state index contributed by atoms with van der Waals surface area (Å²) in [6.07, 6.45) is 1.00. The Morgan fingerprint density at radius 3 is 2.76 bits per heavy atom. The van der Waals surface area contributed by atoms with E-state index in [4.69, 9.17) is 5.73 Å². The molecule has 0 bridgehead atoms. The maximum absolute atomic E-state index is 14.1. The zero-order valence-electron chi connectivity index (χ0n) is 12.3. The molecule has 0 aromatic heterocycles. The third kappa shape index (κ3) is 3.08. The van der Waals surface area contributed by atoms with Crippen LogP contribution in [0, 0.1) is 11.7 Å². The minimum Gasteiger partial charge on any atom is -0.399 e. The predicted octanol–water partition coefficient (Wildman–Crippen LogP) is 3.99. The van der Waals surface area contributed by atoms with Gasteiger partial charge in [-0.1, -0.05) is 37.3 Å². The van der Waals surface area contributed by atoms with Crippen LogP contribution in [0.15, 0.2) is 48.5 Å². The Hall–Kier alpha value is -1.87. The highest BCUT2D eigenvalue weighted by Crippen LogP contribution is 2.37. The lowest BCUT2D eigenvalue weighted by Crippen LogP contribution is -2.24. The SMILES string of the molecule is CC1CC(c2ccccc2F)N(Cc2cccc(N)c2)C1. The quantitative estimate of drug-likeness (QED) is 0.863. The highest BCUT2D eigenvalue weighted by molar-refractivity contribution is 5.40. The maximum Gasteiger partial charge on any atom is 0.127 e. The van der Waals surface area contributed by atoms with Gasteiger partial charge in [0.1, 0.15) is 5.82 Å². The van der Waals surface area contributed by atoms with Gasteiger partial charge in [-0.05, 0) is 36.1 Å². The Morgan fingerprint density at radius 1 is 1.19 bits per heavy atom. The van der Waals surface area contributed by atoms with E-state index in [2.05, 4.69) is 17.9 Å². The molecule has 110 valence electrons. The molecule has 0 saturated carbocycles. The van der Waals surface area contributed by atoms with Crippen LogP contribution in [0.4, 0.5) is 10.1 Å². The van der Waals surface area contributed by atoms with Crippen molar-refractivity contribution in [1.29, 1.82) is 0 Å². The largest absolute Gasteiger partial charge is 0.399 e. The molecule has 21 heavy (non-hydrogen) atoms. The summed E-state index contributed by atoms with van der Waals surface area (Å²) in [6.45, 7) is 4.04. The van der Waals surface area contributed by atoms with E-state index in [0.717, 1.165) is 30.8 Å². The number of nitrogen functional groups attached to an aromatic ring is 1. The fraction of sp³-hybridized carbons (Fsp3) is 0.333. The Balaban J connectivity index is 1.85. The summed E-state index contributed by atoms with van der Waals surface area (Å²) in [5.74, 6) is 0.477. The van der Waals surface area contributed by atoms with Crippen molar-refractivity contribution in [3.8, 4) is 0 Å². The molecule has 0 radical (unpaired) electrons. The van der Waals surface area contributed by atoms with E-state index in [0.29, 0.717) is 5.92 Å². The molecule has 2 N–H and O–H groups in total. The van der Waals surface area contributed by atoms with Gasteiger partial charge < -0.3 is 5.73 Å². The van der Waals surface area contributed by atoms with Crippen molar-refractivity contribution in [3.05, 3.63) is 65.5 Å². The van der Waals surface area contributed by atoms with E-state index in [1.807, 2.05) is 30.3 Å². The third-order valence-electron chi connectivity index (χ3n) is 4.21. The van der Waals surface area contributed by atoms with Crippen molar-refractivity contribution in [3.63, 3.8) is 0 Å². The number of hydrogen-bond acceptors (Lipinski definition) is 2. The van der Waals surface area contributed by atoms with Crippen LogP contribution in [0.25, 0.3) is 0 Å². The second kappa shape index (κ2) is 5.86. The third-order valence-corrected chi connectivity index (χ3v) is 4.21. The lowest BCUT2D eigenvalue weighted by Gasteiger charge is -2.25. The molecular weight excluding hydrogens is 263 g/mol. The van der Waals surface area contributed by atoms with Crippen LogP contribution in [-0.4, -0.2) is 11.4 Å². The highest BCUT2D eigenvalue weighted by atomic mass is 19.1. The van der Waals surface area contributed by atoms with Crippen molar-refractivity contribution < 1.29 is 4.39 Å². The molecule has 2 aromatic rings. The minimum absolute atomic E-state index is 0.103. The first-order valence-corrected chi connectivity index (χ1v) is 7.46. The summed E-state index contributed by atoms with van der Waals surface area (Å²) in [6, 6.07) is 15.2. The van der Waals surface area contributed by atoms with Gasteiger partial charge in [-0.15, -0.1) is 0 Å². The molecule has 2 aromatic carbocycles. The Bertz CT molecular complexity index is 626. The number of nitrogens with two attached hydrogens (primary N) is 1. The van der Waals surface area contributed by atoms with Crippen molar-refractivity contribution in [1.82, 2.24) is 4.90 Å². The molecule has 3 rings (SSSR count). The normalized spacial score (nSPS) is 22.6. The van der Waals surface area contributed by atoms with E-state index < -0.39 is 0 Å². The molecule has 2 unspecified atom stereocenters. The Kier molecular flexibility index (Phi) is 3.93. The molecule has 1 heterocycles. The van der Waals surface area contributed by atoms with Gasteiger partial charge in [-0.2, -0.15) is 0 Å². The van der Waals surface area contributed by atoms with Crippen LogP contribution in [0.5, 0.6) is 0 Å². The van der Waals surface area contributed by atoms with Crippen molar-refractivity contribution in [2.45, 2.75) is 25.9 Å². The number of halogens is 1. The number of anilines is 1. The van der Waals surface area contributed by atoms with E-state index in [-0.39, 0.29) is 11.9 Å². The Labute approximate surface area is 125 Å². The number of rotatable bonds is 3. The van der Waals surface area contributed by atoms with E-state index in [9.17, 15) is 4.39 Å². The first kappa shape index (κ1) is 14.1. The fourth-order valence-corrected chi connectivity index (χ4v) is 3.30. The standard InChI is InChI=1S/C18H21FN2/c1-13-9-18(16-7-2-3-8-17(16)19)21(11-13)12-14-5-4-6-15(20)10-14/h2-8,10,13,18H,9,11-12,20H2,1H3. The van der Waals surface area contributed by atoms with Crippen LogP contribution in [0.3, 0.4) is 0 Å². The van der Waals surface area contributed by atoms with Gasteiger partial charge in [0, 0.05) is 30.4 Å². The molecular formula is C18H21FN2. The van der Waals surface area contributed by atoms with Gasteiger partial charge >= 0.3 is 0 Å². The molecule has 3 heteroatoms. The van der Waals surface area contributed by atoms with Gasteiger partial charge in [-0.25, -0.2) is 4.39 Å². The van der Waals surface area contributed by atoms with E-state index >= 15 is 0 Å². The smallest absolute Gasteiger partial charge is 0.127 e. The molecule has 1 saturated heterocycles. The highest BCUT2D eigenvalue weighted by Gasteiger charge is 2.32. The average molecular weight is 284 g/mol. The van der Waals surface area contributed by atoms with Crippen LogP contribution in [-0.2, 0) is 6.54 Å². The first-order valence-electron chi connectivity index (χ1n) is 7.46. The van der Waals surface area contributed by atoms with Gasteiger partial charge in [0.15, 0.2) is 0 Å². The lowest BCUT2D eigenvalue weighted by molar-refractivity contribution is 0.241. The van der Waals surface area contributed by atoms with Crippen LogP contribution >= 0.6 is 0 Å². The number of likely N-dealkylation sites (tertiary alicyclic amines) is 1. The van der Waals surface area contributed by atoms with E-state index in [1.54, 1.807) is 12.1 Å². The molecule has 2 atom stereocenters. The summed E-state index contributed by atoms with van der Waals surface area (Å²) in [5.41, 5.74) is 8.63. The van der Waals surface area contributed by atoms with Gasteiger partial charge in [-0.3, -0.25) is 4.90 Å². The van der Waals surface area contributed by atoms with Crippen molar-refractivity contribution >= 4 is 5.69 Å².